The summed E-state index contributed by atoms with van der Waals surface area (Å²) in [4.78, 5) is 23.5. The standard InChI is InChI=1S/C12H13NO4S/c1-7(12(15)16)13-11(14)9-6-18-10-5-3-2-4-8(10)17-9/h2-5,7,9H,6H2,1H3,(H,13,14)(H,15,16)/t7-,9+/m0/s1. The summed E-state index contributed by atoms with van der Waals surface area (Å²) in [6.07, 6.45) is -0.647. The molecule has 2 N–H and O–H groups in total. The fraction of sp³-hybridized carbons (Fsp3) is 0.333. The van der Waals surface area contributed by atoms with Crippen LogP contribution in [0.2, 0.25) is 0 Å². The smallest absolute Gasteiger partial charge is 0.325 e. The molecule has 0 aliphatic carbocycles. The average molecular weight is 267 g/mol. The van der Waals surface area contributed by atoms with Crippen LogP contribution in [0.5, 0.6) is 5.75 Å². The van der Waals surface area contributed by atoms with E-state index in [1.165, 1.54) is 18.7 Å². The molecule has 5 nitrogen and oxygen atoms in total. The van der Waals surface area contributed by atoms with E-state index in [-0.39, 0.29) is 0 Å². The summed E-state index contributed by atoms with van der Waals surface area (Å²) in [5.74, 6) is -0.314. The highest BCUT2D eigenvalue weighted by Crippen LogP contribution is 2.34. The van der Waals surface area contributed by atoms with Crippen molar-refractivity contribution in [1.82, 2.24) is 5.32 Å². The first-order valence-electron chi connectivity index (χ1n) is 5.49. The van der Waals surface area contributed by atoms with Crippen molar-refractivity contribution in [2.45, 2.75) is 24.0 Å². The van der Waals surface area contributed by atoms with Crippen molar-refractivity contribution >= 4 is 23.6 Å². The molecule has 2 atom stereocenters. The molecule has 0 aromatic heterocycles. The Labute approximate surface area is 109 Å². The number of carboxylic acid groups (broad SMARTS) is 1. The third-order valence-electron chi connectivity index (χ3n) is 2.53. The quantitative estimate of drug-likeness (QED) is 0.858. The summed E-state index contributed by atoms with van der Waals surface area (Å²) in [5, 5.41) is 11.1. The third kappa shape index (κ3) is 2.76. The minimum Gasteiger partial charge on any atom is -0.480 e. The van der Waals surface area contributed by atoms with Gasteiger partial charge in [0.05, 0.1) is 0 Å². The molecule has 1 aromatic carbocycles. The van der Waals surface area contributed by atoms with Crippen LogP contribution in [0.4, 0.5) is 0 Å². The van der Waals surface area contributed by atoms with Crippen LogP contribution in [0.3, 0.4) is 0 Å². The second-order valence-electron chi connectivity index (χ2n) is 3.93. The van der Waals surface area contributed by atoms with Crippen LogP contribution in [-0.4, -0.2) is 34.9 Å². The molecule has 1 amide bonds. The van der Waals surface area contributed by atoms with Crippen LogP contribution >= 0.6 is 11.8 Å². The molecule has 0 bridgehead atoms. The number of carbonyl (C=O) groups is 2. The van der Waals surface area contributed by atoms with E-state index < -0.39 is 24.0 Å². The molecule has 1 aromatic rings. The summed E-state index contributed by atoms with van der Waals surface area (Å²) >= 11 is 1.53. The fourth-order valence-electron chi connectivity index (χ4n) is 1.52. The number of fused-ring (bicyclic) bond motifs is 1. The number of hydrogen-bond donors (Lipinski definition) is 2. The lowest BCUT2D eigenvalue weighted by Crippen LogP contribution is -2.47. The molecule has 2 rings (SSSR count). The minimum atomic E-state index is -1.06. The number of benzene rings is 1. The lowest BCUT2D eigenvalue weighted by Gasteiger charge is -2.25. The van der Waals surface area contributed by atoms with E-state index in [0.29, 0.717) is 11.5 Å². The number of carbonyl (C=O) groups excluding carboxylic acids is 1. The van der Waals surface area contributed by atoms with Gasteiger partial charge in [-0.2, -0.15) is 0 Å². The van der Waals surface area contributed by atoms with Crippen molar-refractivity contribution < 1.29 is 19.4 Å². The molecule has 0 saturated heterocycles. The zero-order valence-electron chi connectivity index (χ0n) is 9.75. The maximum Gasteiger partial charge on any atom is 0.325 e. The highest BCUT2D eigenvalue weighted by atomic mass is 32.2. The number of amides is 1. The molecular weight excluding hydrogens is 254 g/mol. The van der Waals surface area contributed by atoms with Crippen LogP contribution in [0.15, 0.2) is 29.2 Å². The second-order valence-corrected chi connectivity index (χ2v) is 4.99. The number of thioether (sulfide) groups is 1. The number of carboxylic acids is 1. The van der Waals surface area contributed by atoms with Gasteiger partial charge >= 0.3 is 5.97 Å². The Kier molecular flexibility index (Phi) is 3.76. The normalized spacial score (nSPS) is 19.3. The summed E-state index contributed by atoms with van der Waals surface area (Å²) in [5.41, 5.74) is 0. The van der Waals surface area contributed by atoms with Crippen molar-refractivity contribution in [2.24, 2.45) is 0 Å². The predicted octanol–water partition coefficient (Wildman–Crippen LogP) is 1.13. The Morgan fingerprint density at radius 3 is 2.94 bits per heavy atom. The molecule has 0 spiro atoms. The summed E-state index contributed by atoms with van der Waals surface area (Å²) in [6, 6.07) is 6.54. The zero-order valence-corrected chi connectivity index (χ0v) is 10.6. The van der Waals surface area contributed by atoms with Gasteiger partial charge in [0, 0.05) is 10.6 Å². The van der Waals surface area contributed by atoms with E-state index in [0.717, 1.165) is 4.90 Å². The summed E-state index contributed by atoms with van der Waals surface area (Å²) < 4.78 is 5.55. The maximum atomic E-state index is 11.8. The van der Waals surface area contributed by atoms with Crippen molar-refractivity contribution in [1.29, 1.82) is 0 Å². The number of hydrogen-bond acceptors (Lipinski definition) is 4. The molecule has 1 aliphatic heterocycles. The highest BCUT2D eigenvalue weighted by Gasteiger charge is 2.28. The van der Waals surface area contributed by atoms with E-state index in [2.05, 4.69) is 5.32 Å². The van der Waals surface area contributed by atoms with E-state index in [1.54, 1.807) is 6.07 Å². The summed E-state index contributed by atoms with van der Waals surface area (Å²) in [7, 11) is 0. The molecular formula is C12H13NO4S. The Morgan fingerprint density at radius 1 is 1.50 bits per heavy atom. The number of para-hydroxylation sites is 1. The van der Waals surface area contributed by atoms with Crippen LogP contribution in [0.1, 0.15) is 6.92 Å². The van der Waals surface area contributed by atoms with Gasteiger partial charge in [-0.1, -0.05) is 12.1 Å². The fourth-order valence-corrected chi connectivity index (χ4v) is 2.50. The molecule has 18 heavy (non-hydrogen) atoms. The van der Waals surface area contributed by atoms with Crippen molar-refractivity contribution in [3.63, 3.8) is 0 Å². The van der Waals surface area contributed by atoms with Gasteiger partial charge in [-0.3, -0.25) is 9.59 Å². The first-order valence-corrected chi connectivity index (χ1v) is 6.48. The lowest BCUT2D eigenvalue weighted by atomic mass is 10.3. The van der Waals surface area contributed by atoms with Crippen LogP contribution in [0, 0.1) is 0 Å². The first-order chi connectivity index (χ1) is 8.58. The van der Waals surface area contributed by atoms with Gasteiger partial charge in [-0.05, 0) is 19.1 Å². The van der Waals surface area contributed by atoms with Gasteiger partial charge in [0.25, 0.3) is 5.91 Å². The number of nitrogens with one attached hydrogen (secondary N) is 1. The molecule has 1 heterocycles. The van der Waals surface area contributed by atoms with Gasteiger partial charge in [-0.15, -0.1) is 11.8 Å². The summed E-state index contributed by atoms with van der Waals surface area (Å²) in [6.45, 7) is 1.42. The van der Waals surface area contributed by atoms with Crippen molar-refractivity contribution in [3.8, 4) is 5.75 Å². The van der Waals surface area contributed by atoms with E-state index in [9.17, 15) is 9.59 Å². The monoisotopic (exact) mass is 267 g/mol. The van der Waals surface area contributed by atoms with Gasteiger partial charge in [0.15, 0.2) is 6.10 Å². The van der Waals surface area contributed by atoms with E-state index in [1.807, 2.05) is 18.2 Å². The molecule has 1 aliphatic rings. The molecule has 0 radical (unpaired) electrons. The van der Waals surface area contributed by atoms with Gasteiger partial charge in [0.1, 0.15) is 11.8 Å². The zero-order chi connectivity index (χ0) is 13.1. The molecule has 0 saturated carbocycles. The number of ether oxygens (including phenoxy) is 1. The largest absolute Gasteiger partial charge is 0.480 e. The SMILES string of the molecule is C[C@H](NC(=O)[C@H]1CSc2ccccc2O1)C(=O)O. The Balaban J connectivity index is 2.00. The predicted molar refractivity (Wildman–Crippen MR) is 66.8 cm³/mol. The molecule has 6 heteroatoms. The third-order valence-corrected chi connectivity index (χ3v) is 3.65. The minimum absolute atomic E-state index is 0.396. The first kappa shape index (κ1) is 12.8. The van der Waals surface area contributed by atoms with E-state index >= 15 is 0 Å². The van der Waals surface area contributed by atoms with Gasteiger partial charge < -0.3 is 15.2 Å². The Hall–Kier alpha value is -1.69. The Morgan fingerprint density at radius 2 is 2.22 bits per heavy atom. The topological polar surface area (TPSA) is 75.6 Å². The van der Waals surface area contributed by atoms with Crippen molar-refractivity contribution in [3.05, 3.63) is 24.3 Å². The highest BCUT2D eigenvalue weighted by molar-refractivity contribution is 7.99. The van der Waals surface area contributed by atoms with Crippen LogP contribution < -0.4 is 10.1 Å². The molecule has 0 fully saturated rings. The van der Waals surface area contributed by atoms with Crippen molar-refractivity contribution in [2.75, 3.05) is 5.75 Å². The number of aliphatic carboxylic acids is 1. The van der Waals surface area contributed by atoms with Crippen LogP contribution in [-0.2, 0) is 9.59 Å². The molecule has 96 valence electrons. The van der Waals surface area contributed by atoms with E-state index in [4.69, 9.17) is 9.84 Å². The Bertz CT molecular complexity index is 477. The van der Waals surface area contributed by atoms with Gasteiger partial charge in [0.2, 0.25) is 0 Å². The lowest BCUT2D eigenvalue weighted by molar-refractivity contribution is -0.142. The maximum absolute atomic E-state index is 11.8. The number of rotatable bonds is 3. The average Bonchev–Trinajstić information content (AvgIpc) is 2.37. The second kappa shape index (κ2) is 5.30. The molecule has 0 unspecified atom stereocenters. The van der Waals surface area contributed by atoms with Gasteiger partial charge in [-0.25, -0.2) is 0 Å². The van der Waals surface area contributed by atoms with Crippen LogP contribution in [0.25, 0.3) is 0 Å².